The number of benzene rings is 1. The van der Waals surface area contributed by atoms with Crippen LogP contribution in [0.4, 0.5) is 0 Å². The molecule has 1 aliphatic rings. The minimum absolute atomic E-state index is 0.0971. The molecule has 1 aliphatic heterocycles. The van der Waals surface area contributed by atoms with Crippen LogP contribution in [0.5, 0.6) is 11.5 Å². The molecule has 0 saturated carbocycles. The van der Waals surface area contributed by atoms with Crippen LogP contribution in [0.15, 0.2) is 18.2 Å². The maximum Gasteiger partial charge on any atom is 0.231 e. The van der Waals surface area contributed by atoms with E-state index in [1.165, 1.54) is 0 Å². The molecule has 0 fully saturated rings. The predicted octanol–water partition coefficient (Wildman–Crippen LogP) is 1.81. The summed E-state index contributed by atoms with van der Waals surface area (Å²) in [5, 5.41) is 2.97. The van der Waals surface area contributed by atoms with Crippen LogP contribution in [-0.2, 0) is 11.2 Å². The van der Waals surface area contributed by atoms with E-state index in [1.54, 1.807) is 0 Å². The second kappa shape index (κ2) is 7.88. The van der Waals surface area contributed by atoms with Crippen LogP contribution in [0.2, 0.25) is 0 Å². The Kier molecular flexibility index (Phi) is 5.87. The first kappa shape index (κ1) is 15.6. The Morgan fingerprint density at radius 3 is 2.76 bits per heavy atom. The Morgan fingerprint density at radius 2 is 2.00 bits per heavy atom. The molecule has 5 heteroatoms. The minimum atomic E-state index is 0.0971. The van der Waals surface area contributed by atoms with Gasteiger partial charge in [0.15, 0.2) is 11.5 Å². The quantitative estimate of drug-likeness (QED) is 0.794. The molecule has 116 valence electrons. The number of nitrogens with one attached hydrogen (secondary N) is 1. The van der Waals surface area contributed by atoms with Crippen molar-refractivity contribution in [3.05, 3.63) is 23.8 Å². The summed E-state index contributed by atoms with van der Waals surface area (Å²) in [5.41, 5.74) is 1.10. The summed E-state index contributed by atoms with van der Waals surface area (Å²) in [7, 11) is 0. The van der Waals surface area contributed by atoms with E-state index in [1.807, 2.05) is 18.2 Å². The number of aryl methyl sites for hydroxylation is 1. The molecular formula is C16H24N2O3. The summed E-state index contributed by atoms with van der Waals surface area (Å²) in [5.74, 6) is 1.65. The lowest BCUT2D eigenvalue weighted by Gasteiger charge is -2.17. The highest BCUT2D eigenvalue weighted by atomic mass is 16.7. The number of carbonyl (C=O) groups excluding carboxylic acids is 1. The van der Waals surface area contributed by atoms with E-state index in [0.29, 0.717) is 19.4 Å². The molecule has 0 atom stereocenters. The van der Waals surface area contributed by atoms with Gasteiger partial charge in [-0.25, -0.2) is 0 Å². The molecule has 21 heavy (non-hydrogen) atoms. The minimum Gasteiger partial charge on any atom is -0.454 e. The van der Waals surface area contributed by atoms with Crippen molar-refractivity contribution in [2.75, 3.05) is 33.0 Å². The summed E-state index contributed by atoms with van der Waals surface area (Å²) in [6.45, 7) is 8.19. The van der Waals surface area contributed by atoms with E-state index in [0.717, 1.165) is 36.7 Å². The largest absolute Gasteiger partial charge is 0.454 e. The zero-order valence-electron chi connectivity index (χ0n) is 12.9. The van der Waals surface area contributed by atoms with E-state index in [2.05, 4.69) is 24.1 Å². The van der Waals surface area contributed by atoms with Gasteiger partial charge in [0.05, 0.1) is 0 Å². The Morgan fingerprint density at radius 1 is 1.24 bits per heavy atom. The van der Waals surface area contributed by atoms with Gasteiger partial charge in [-0.2, -0.15) is 0 Å². The van der Waals surface area contributed by atoms with E-state index in [9.17, 15) is 4.79 Å². The Balaban J connectivity index is 1.69. The standard InChI is InChI=1S/C16H24N2O3/c1-3-18(4-2)10-9-17-16(19)8-6-13-5-7-14-15(11-13)21-12-20-14/h5,7,11H,3-4,6,8-10,12H2,1-2H3,(H,17,19). The van der Waals surface area contributed by atoms with Crippen molar-refractivity contribution >= 4 is 5.91 Å². The zero-order chi connectivity index (χ0) is 15.1. The number of carbonyl (C=O) groups is 1. The van der Waals surface area contributed by atoms with Gasteiger partial charge in [0.2, 0.25) is 12.7 Å². The van der Waals surface area contributed by atoms with Gasteiger partial charge < -0.3 is 19.7 Å². The monoisotopic (exact) mass is 292 g/mol. The lowest BCUT2D eigenvalue weighted by molar-refractivity contribution is -0.121. The van der Waals surface area contributed by atoms with Gasteiger partial charge in [-0.05, 0) is 37.2 Å². The van der Waals surface area contributed by atoms with Crippen molar-refractivity contribution in [2.45, 2.75) is 26.7 Å². The molecule has 0 radical (unpaired) electrons. The second-order valence-corrected chi connectivity index (χ2v) is 5.06. The van der Waals surface area contributed by atoms with Crippen LogP contribution < -0.4 is 14.8 Å². The van der Waals surface area contributed by atoms with Gasteiger partial charge in [0.1, 0.15) is 0 Å². The Labute approximate surface area is 126 Å². The third-order valence-electron chi connectivity index (χ3n) is 3.72. The molecule has 0 spiro atoms. The number of hydrogen-bond acceptors (Lipinski definition) is 4. The number of rotatable bonds is 8. The number of hydrogen-bond donors (Lipinski definition) is 1. The lowest BCUT2D eigenvalue weighted by atomic mass is 10.1. The molecule has 0 unspecified atom stereocenters. The van der Waals surface area contributed by atoms with E-state index < -0.39 is 0 Å². The molecule has 1 aromatic rings. The van der Waals surface area contributed by atoms with E-state index in [-0.39, 0.29) is 12.7 Å². The topological polar surface area (TPSA) is 50.8 Å². The first-order valence-electron chi connectivity index (χ1n) is 7.60. The van der Waals surface area contributed by atoms with Gasteiger partial charge in [0.25, 0.3) is 0 Å². The third kappa shape index (κ3) is 4.63. The SMILES string of the molecule is CCN(CC)CCNC(=O)CCc1ccc2c(c1)OCO2. The van der Waals surface area contributed by atoms with Crippen LogP contribution >= 0.6 is 0 Å². The van der Waals surface area contributed by atoms with Crippen LogP contribution in [0.3, 0.4) is 0 Å². The maximum absolute atomic E-state index is 11.8. The summed E-state index contributed by atoms with van der Waals surface area (Å²) >= 11 is 0. The fourth-order valence-electron chi connectivity index (χ4n) is 2.34. The van der Waals surface area contributed by atoms with Crippen molar-refractivity contribution in [2.24, 2.45) is 0 Å². The number of ether oxygens (including phenoxy) is 2. The number of amides is 1. The van der Waals surface area contributed by atoms with E-state index >= 15 is 0 Å². The highest BCUT2D eigenvalue weighted by Gasteiger charge is 2.13. The van der Waals surface area contributed by atoms with Crippen LogP contribution in [0.25, 0.3) is 0 Å². The number of likely N-dealkylation sites (N-methyl/N-ethyl adjacent to an activating group) is 1. The summed E-state index contributed by atoms with van der Waals surface area (Å²) in [4.78, 5) is 14.1. The molecular weight excluding hydrogens is 268 g/mol. The van der Waals surface area contributed by atoms with Crippen LogP contribution in [0.1, 0.15) is 25.8 Å². The summed E-state index contributed by atoms with van der Waals surface area (Å²) in [6.07, 6.45) is 1.21. The van der Waals surface area contributed by atoms with Crippen LogP contribution in [0, 0.1) is 0 Å². The van der Waals surface area contributed by atoms with Crippen molar-refractivity contribution in [3.8, 4) is 11.5 Å². The van der Waals surface area contributed by atoms with Crippen molar-refractivity contribution in [1.29, 1.82) is 0 Å². The molecule has 0 bridgehead atoms. The fraction of sp³-hybridized carbons (Fsp3) is 0.562. The predicted molar refractivity (Wildman–Crippen MR) is 81.7 cm³/mol. The first-order chi connectivity index (χ1) is 10.2. The third-order valence-corrected chi connectivity index (χ3v) is 3.72. The molecule has 2 rings (SSSR count). The summed E-state index contributed by atoms with van der Waals surface area (Å²) in [6, 6.07) is 5.83. The average molecular weight is 292 g/mol. The Bertz CT molecular complexity index is 473. The van der Waals surface area contributed by atoms with Gasteiger partial charge in [-0.1, -0.05) is 19.9 Å². The van der Waals surface area contributed by atoms with Gasteiger partial charge in [-0.15, -0.1) is 0 Å². The molecule has 5 nitrogen and oxygen atoms in total. The smallest absolute Gasteiger partial charge is 0.231 e. The van der Waals surface area contributed by atoms with Crippen molar-refractivity contribution in [1.82, 2.24) is 10.2 Å². The number of fused-ring (bicyclic) bond motifs is 1. The average Bonchev–Trinajstić information content (AvgIpc) is 2.97. The summed E-state index contributed by atoms with van der Waals surface area (Å²) < 4.78 is 10.6. The van der Waals surface area contributed by atoms with Crippen molar-refractivity contribution < 1.29 is 14.3 Å². The fourth-order valence-corrected chi connectivity index (χ4v) is 2.34. The number of nitrogens with zero attached hydrogens (tertiary/aromatic N) is 1. The highest BCUT2D eigenvalue weighted by molar-refractivity contribution is 5.76. The molecule has 0 aromatic heterocycles. The van der Waals surface area contributed by atoms with Crippen molar-refractivity contribution in [3.63, 3.8) is 0 Å². The molecule has 0 aliphatic carbocycles. The molecule has 1 amide bonds. The van der Waals surface area contributed by atoms with Crippen LogP contribution in [-0.4, -0.2) is 43.8 Å². The zero-order valence-corrected chi connectivity index (χ0v) is 12.9. The normalized spacial score (nSPS) is 12.7. The molecule has 1 aromatic carbocycles. The van der Waals surface area contributed by atoms with Gasteiger partial charge in [-0.3, -0.25) is 4.79 Å². The molecule has 1 heterocycles. The lowest BCUT2D eigenvalue weighted by Crippen LogP contribution is -2.34. The van der Waals surface area contributed by atoms with Gasteiger partial charge >= 0.3 is 0 Å². The maximum atomic E-state index is 11.8. The van der Waals surface area contributed by atoms with E-state index in [4.69, 9.17) is 9.47 Å². The van der Waals surface area contributed by atoms with Gasteiger partial charge in [0, 0.05) is 19.5 Å². The second-order valence-electron chi connectivity index (χ2n) is 5.06. The highest BCUT2D eigenvalue weighted by Crippen LogP contribution is 2.32. The molecule has 1 N–H and O–H groups in total. The first-order valence-corrected chi connectivity index (χ1v) is 7.60. The Hall–Kier alpha value is -1.75. The molecule has 0 saturated heterocycles.